The van der Waals surface area contributed by atoms with E-state index in [2.05, 4.69) is 167 Å². The van der Waals surface area contributed by atoms with Crippen LogP contribution in [0, 0.1) is 6.92 Å². The third kappa shape index (κ3) is 5.53. The standard InChI is InChI=1S/C50H40O.C2H6/c1-30-13-15-31(16-14-30)42-28-44(36-25-33-9-5-6-10-34(33)26-36)40-22-21-39-43(32-17-19-37(20-18-32)50(2,3)4)29-45(41-24-23-38(42)48(40)49(39)41)47-27-35-11-7-8-12-46(35)51-47;1-2/h5-25,27,29,44H,26,28H2,1-4H3;1-2H3. The van der Waals surface area contributed by atoms with Crippen molar-refractivity contribution in [2.45, 2.75) is 65.7 Å². The molecule has 0 fully saturated rings. The molecule has 0 amide bonds. The first-order chi connectivity index (χ1) is 25.8. The van der Waals surface area contributed by atoms with Crippen molar-refractivity contribution >= 4 is 44.2 Å². The van der Waals surface area contributed by atoms with Gasteiger partial charge in [0, 0.05) is 16.9 Å². The van der Waals surface area contributed by atoms with Gasteiger partial charge in [-0.2, -0.15) is 0 Å². The molecule has 1 atom stereocenters. The summed E-state index contributed by atoms with van der Waals surface area (Å²) >= 11 is 0. The maximum Gasteiger partial charge on any atom is 0.136 e. The quantitative estimate of drug-likeness (QED) is 0.180. The number of aryl methyl sites for hydroxylation is 1. The van der Waals surface area contributed by atoms with Crippen LogP contribution in [0.2, 0.25) is 0 Å². The van der Waals surface area contributed by atoms with E-state index in [4.69, 9.17) is 4.42 Å². The molecule has 0 saturated heterocycles. The van der Waals surface area contributed by atoms with E-state index in [0.717, 1.165) is 35.1 Å². The van der Waals surface area contributed by atoms with Gasteiger partial charge >= 0.3 is 0 Å². The van der Waals surface area contributed by atoms with Gasteiger partial charge in [0.15, 0.2) is 0 Å². The number of furan rings is 1. The fraction of sp³-hybridized carbons (Fsp3) is 0.192. The highest BCUT2D eigenvalue weighted by Gasteiger charge is 2.31. The summed E-state index contributed by atoms with van der Waals surface area (Å²) in [6.07, 6.45) is 4.46. The van der Waals surface area contributed by atoms with Gasteiger partial charge in [-0.25, -0.2) is 0 Å². The third-order valence-electron chi connectivity index (χ3n) is 11.6. The first-order valence-electron chi connectivity index (χ1n) is 19.3. The van der Waals surface area contributed by atoms with E-state index >= 15 is 0 Å². The molecule has 0 bridgehead atoms. The summed E-state index contributed by atoms with van der Waals surface area (Å²) in [6.45, 7) is 13.0. The zero-order valence-electron chi connectivity index (χ0n) is 31.7. The third-order valence-corrected chi connectivity index (χ3v) is 11.6. The summed E-state index contributed by atoms with van der Waals surface area (Å²) in [5, 5.41) is 7.74. The fourth-order valence-electron chi connectivity index (χ4n) is 8.83. The second-order valence-corrected chi connectivity index (χ2v) is 15.8. The largest absolute Gasteiger partial charge is 0.456 e. The van der Waals surface area contributed by atoms with Gasteiger partial charge in [0.1, 0.15) is 11.3 Å². The van der Waals surface area contributed by atoms with Gasteiger partial charge in [-0.3, -0.25) is 0 Å². The molecule has 1 nitrogen and oxygen atoms in total. The van der Waals surface area contributed by atoms with Crippen molar-refractivity contribution in [2.24, 2.45) is 0 Å². The van der Waals surface area contributed by atoms with Crippen LogP contribution in [0.4, 0.5) is 0 Å². The average molecular weight is 687 g/mol. The summed E-state index contributed by atoms with van der Waals surface area (Å²) in [4.78, 5) is 0. The lowest BCUT2D eigenvalue weighted by molar-refractivity contribution is 0.590. The van der Waals surface area contributed by atoms with Crippen molar-refractivity contribution in [3.05, 3.63) is 178 Å². The molecule has 0 spiro atoms. The van der Waals surface area contributed by atoms with Crippen molar-refractivity contribution in [3.8, 4) is 22.5 Å². The van der Waals surface area contributed by atoms with Gasteiger partial charge in [-0.15, -0.1) is 0 Å². The van der Waals surface area contributed by atoms with Crippen LogP contribution in [-0.4, -0.2) is 0 Å². The molecule has 10 rings (SSSR count). The lowest BCUT2D eigenvalue weighted by Gasteiger charge is -2.29. The van der Waals surface area contributed by atoms with Crippen LogP contribution < -0.4 is 5.22 Å². The molecule has 53 heavy (non-hydrogen) atoms. The molecule has 0 aliphatic heterocycles. The number of benzene rings is 7. The highest BCUT2D eigenvalue weighted by atomic mass is 16.3. The van der Waals surface area contributed by atoms with E-state index in [1.807, 2.05) is 13.8 Å². The molecule has 8 aromatic rings. The summed E-state index contributed by atoms with van der Waals surface area (Å²) in [5.41, 5.74) is 15.7. The Kier molecular flexibility index (Phi) is 8.00. The molecule has 7 aromatic carbocycles. The van der Waals surface area contributed by atoms with Gasteiger partial charge in [0.2, 0.25) is 0 Å². The second kappa shape index (κ2) is 12.8. The Morgan fingerprint density at radius 3 is 2.09 bits per heavy atom. The van der Waals surface area contributed by atoms with Gasteiger partial charge in [0.05, 0.1) is 0 Å². The number of hydrogen-bond acceptors (Lipinski definition) is 1. The molecule has 0 saturated carbocycles. The second-order valence-electron chi connectivity index (χ2n) is 15.8. The van der Waals surface area contributed by atoms with Crippen LogP contribution in [0.25, 0.3) is 66.6 Å². The molecular formula is C52H46O. The first-order valence-corrected chi connectivity index (χ1v) is 19.3. The van der Waals surface area contributed by atoms with E-state index < -0.39 is 0 Å². The minimum absolute atomic E-state index is 0.0876. The van der Waals surface area contributed by atoms with E-state index in [9.17, 15) is 0 Å². The van der Waals surface area contributed by atoms with Crippen LogP contribution in [0.1, 0.15) is 80.3 Å². The van der Waals surface area contributed by atoms with Crippen LogP contribution in [0.3, 0.4) is 0 Å². The molecule has 1 unspecified atom stereocenters. The fourth-order valence-corrected chi connectivity index (χ4v) is 8.83. The maximum atomic E-state index is 6.65. The van der Waals surface area contributed by atoms with Crippen molar-refractivity contribution in [1.29, 1.82) is 0 Å². The topological polar surface area (TPSA) is 13.1 Å². The van der Waals surface area contributed by atoms with Gasteiger partial charge in [-0.05, 0) is 115 Å². The van der Waals surface area contributed by atoms with Gasteiger partial charge < -0.3 is 4.42 Å². The summed E-state index contributed by atoms with van der Waals surface area (Å²) < 4.78 is 6.65. The molecule has 0 radical (unpaired) electrons. The smallest absolute Gasteiger partial charge is 0.136 e. The van der Waals surface area contributed by atoms with E-state index in [0.29, 0.717) is 5.92 Å². The zero-order chi connectivity index (χ0) is 36.4. The average Bonchev–Trinajstić information content (AvgIpc) is 3.82. The van der Waals surface area contributed by atoms with E-state index in [-0.39, 0.29) is 5.41 Å². The van der Waals surface area contributed by atoms with Crippen LogP contribution >= 0.6 is 0 Å². The van der Waals surface area contributed by atoms with Gasteiger partial charge in [0.25, 0.3) is 0 Å². The Bertz CT molecular complexity index is 2730. The Morgan fingerprint density at radius 1 is 0.642 bits per heavy atom. The summed E-state index contributed by atoms with van der Waals surface area (Å²) in [5.74, 6) is 1.20. The van der Waals surface area contributed by atoms with Crippen LogP contribution in [-0.2, 0) is 11.8 Å². The monoisotopic (exact) mass is 686 g/mol. The Labute approximate surface area is 313 Å². The van der Waals surface area contributed by atoms with Crippen molar-refractivity contribution < 1.29 is 4.42 Å². The minimum Gasteiger partial charge on any atom is -0.456 e. The number of para-hydroxylation sites is 1. The van der Waals surface area contributed by atoms with Crippen LogP contribution in [0.15, 0.2) is 143 Å². The molecule has 260 valence electrons. The molecule has 1 heteroatoms. The number of allylic oxidation sites excluding steroid dienone is 1. The van der Waals surface area contributed by atoms with E-state index in [1.54, 1.807) is 0 Å². The van der Waals surface area contributed by atoms with E-state index in [1.165, 1.54) is 82.4 Å². The molecule has 1 heterocycles. The molecule has 0 N–H and O–H groups in total. The highest BCUT2D eigenvalue weighted by molar-refractivity contribution is 6.21. The molecular weight excluding hydrogens is 641 g/mol. The summed E-state index contributed by atoms with van der Waals surface area (Å²) in [7, 11) is 0. The van der Waals surface area contributed by atoms with Crippen LogP contribution in [0.5, 0.6) is 0 Å². The predicted octanol–water partition coefficient (Wildman–Crippen LogP) is 13.8. The predicted molar refractivity (Wildman–Crippen MR) is 227 cm³/mol. The first kappa shape index (κ1) is 33.2. The SMILES string of the molecule is CC.Cc1ccc(C2=c3ccc4c(-c5cc6ccccc6o5)cc(-c5ccc(C(C)(C)C)cc5)c5ccc(c3c54)C(C3=Cc4ccccc4C3)C2)cc1. The molecule has 1 aromatic heterocycles. The minimum atomic E-state index is 0.0876. The lowest BCUT2D eigenvalue weighted by atomic mass is 9.74. The number of fused-ring (bicyclic) bond motifs is 2. The number of rotatable bonds is 4. The Balaban J connectivity index is 0.00000183. The zero-order valence-corrected chi connectivity index (χ0v) is 31.7. The Morgan fingerprint density at radius 2 is 1.34 bits per heavy atom. The van der Waals surface area contributed by atoms with Crippen molar-refractivity contribution in [2.75, 3.05) is 0 Å². The van der Waals surface area contributed by atoms with Crippen molar-refractivity contribution in [1.82, 2.24) is 0 Å². The maximum absolute atomic E-state index is 6.65. The number of hydrogen-bond donors (Lipinski definition) is 0. The molecule has 2 aliphatic rings. The normalized spacial score (nSPS) is 15.1. The summed E-state index contributed by atoms with van der Waals surface area (Å²) in [6, 6.07) is 49.9. The highest BCUT2D eigenvalue weighted by Crippen LogP contribution is 2.48. The Hall–Kier alpha value is -5.66. The lowest BCUT2D eigenvalue weighted by Crippen LogP contribution is -2.21. The molecule has 2 aliphatic carbocycles. The van der Waals surface area contributed by atoms with Crippen molar-refractivity contribution in [3.63, 3.8) is 0 Å². The van der Waals surface area contributed by atoms with Gasteiger partial charge in [-0.1, -0.05) is 167 Å².